The first-order chi connectivity index (χ1) is 11.2. The molecule has 0 aliphatic heterocycles. The molecule has 0 spiro atoms. The highest BCUT2D eigenvalue weighted by atomic mass is 32.1. The number of benzene rings is 1. The second kappa shape index (κ2) is 7.07. The molecule has 2 heterocycles. The predicted octanol–water partition coefficient (Wildman–Crippen LogP) is 4.03. The fraction of sp³-hybridized carbons (Fsp3) is 0.111. The molecule has 2 aromatic heterocycles. The van der Waals surface area contributed by atoms with Crippen molar-refractivity contribution in [2.75, 3.05) is 4.90 Å². The number of hydrogen-bond donors (Lipinski definition) is 1. The van der Waals surface area contributed by atoms with Crippen LogP contribution in [0.4, 0.5) is 5.69 Å². The van der Waals surface area contributed by atoms with Gasteiger partial charge in [0.1, 0.15) is 0 Å². The third-order valence-corrected chi connectivity index (χ3v) is 4.31. The second-order valence-corrected chi connectivity index (χ2v) is 6.24. The van der Waals surface area contributed by atoms with Crippen LogP contribution in [0.3, 0.4) is 0 Å². The number of rotatable bonds is 5. The average Bonchev–Trinajstić information content (AvgIpc) is 3.25. The minimum Gasteiger partial charge on any atom is -0.301 e. The van der Waals surface area contributed by atoms with E-state index in [-0.39, 0.29) is 5.91 Å². The van der Waals surface area contributed by atoms with Gasteiger partial charge in [0.15, 0.2) is 0 Å². The maximum atomic E-state index is 12.6. The Morgan fingerprint density at radius 1 is 1.30 bits per heavy atom. The molecule has 23 heavy (non-hydrogen) atoms. The predicted molar refractivity (Wildman–Crippen MR) is 94.3 cm³/mol. The van der Waals surface area contributed by atoms with Crippen LogP contribution < -0.4 is 4.90 Å². The zero-order chi connectivity index (χ0) is 16.1. The summed E-state index contributed by atoms with van der Waals surface area (Å²) >= 11 is 1.63. The van der Waals surface area contributed by atoms with E-state index in [1.165, 1.54) is 5.56 Å². The number of carbonyl (C=O) groups is 1. The number of aromatic amines is 1. The molecular formula is C18H17N3OS. The first-order valence-electron chi connectivity index (χ1n) is 7.30. The molecule has 5 heteroatoms. The third-order valence-electron chi connectivity index (χ3n) is 3.45. The number of amides is 1. The van der Waals surface area contributed by atoms with Gasteiger partial charge in [-0.05, 0) is 30.0 Å². The van der Waals surface area contributed by atoms with Crippen LogP contribution in [0.2, 0.25) is 0 Å². The van der Waals surface area contributed by atoms with Gasteiger partial charge in [-0.2, -0.15) is 5.10 Å². The van der Waals surface area contributed by atoms with Crippen molar-refractivity contribution in [1.82, 2.24) is 10.2 Å². The molecule has 0 fully saturated rings. The Hall–Kier alpha value is -2.66. The van der Waals surface area contributed by atoms with Gasteiger partial charge < -0.3 is 4.90 Å². The van der Waals surface area contributed by atoms with E-state index in [2.05, 4.69) is 10.2 Å². The molecule has 0 radical (unpaired) electrons. The van der Waals surface area contributed by atoms with Crippen LogP contribution in [-0.4, -0.2) is 16.1 Å². The van der Waals surface area contributed by atoms with Crippen molar-refractivity contribution in [1.29, 1.82) is 0 Å². The van der Waals surface area contributed by atoms with Crippen molar-refractivity contribution in [3.05, 3.63) is 76.3 Å². The lowest BCUT2D eigenvalue weighted by atomic mass is 10.1. The van der Waals surface area contributed by atoms with Gasteiger partial charge in [0, 0.05) is 17.2 Å². The van der Waals surface area contributed by atoms with Gasteiger partial charge in [-0.3, -0.25) is 9.89 Å². The molecule has 1 N–H and O–H groups in total. The summed E-state index contributed by atoms with van der Waals surface area (Å²) in [5.41, 5.74) is 2.97. The first-order valence-corrected chi connectivity index (χ1v) is 8.18. The minimum absolute atomic E-state index is 0.0691. The van der Waals surface area contributed by atoms with Gasteiger partial charge in [0.25, 0.3) is 5.91 Å². The molecule has 116 valence electrons. The van der Waals surface area contributed by atoms with E-state index in [1.54, 1.807) is 34.7 Å². The normalized spacial score (nSPS) is 11.0. The van der Waals surface area contributed by atoms with E-state index in [4.69, 9.17) is 0 Å². The van der Waals surface area contributed by atoms with Crippen LogP contribution in [0.1, 0.15) is 16.0 Å². The van der Waals surface area contributed by atoms with Crippen molar-refractivity contribution < 1.29 is 4.79 Å². The lowest BCUT2D eigenvalue weighted by Crippen LogP contribution is -2.27. The maximum Gasteiger partial charge on any atom is 0.251 e. The fourth-order valence-corrected chi connectivity index (χ4v) is 2.87. The van der Waals surface area contributed by atoms with E-state index < -0.39 is 0 Å². The molecule has 0 saturated heterocycles. The number of H-pyrrole nitrogens is 1. The fourth-order valence-electron chi connectivity index (χ4n) is 2.18. The van der Waals surface area contributed by atoms with Crippen LogP contribution in [0.15, 0.2) is 60.2 Å². The summed E-state index contributed by atoms with van der Waals surface area (Å²) in [5, 5.41) is 8.71. The monoisotopic (exact) mass is 323 g/mol. The number of carbonyl (C=O) groups excluding carboxylic acids is 1. The molecule has 0 unspecified atom stereocenters. The Kier molecular flexibility index (Phi) is 4.68. The molecule has 4 nitrogen and oxygen atoms in total. The highest BCUT2D eigenvalue weighted by Gasteiger charge is 2.15. The SMILES string of the molecule is Cc1ccc(C=CC(=O)N(Cc2cccs2)c2cn[nH]c2)cc1. The maximum absolute atomic E-state index is 12.6. The van der Waals surface area contributed by atoms with Gasteiger partial charge in [-0.25, -0.2) is 0 Å². The lowest BCUT2D eigenvalue weighted by Gasteiger charge is -2.18. The molecule has 0 saturated carbocycles. The molecule has 0 aliphatic rings. The van der Waals surface area contributed by atoms with Gasteiger partial charge in [-0.1, -0.05) is 35.9 Å². The van der Waals surface area contributed by atoms with E-state index >= 15 is 0 Å². The Morgan fingerprint density at radius 3 is 2.78 bits per heavy atom. The molecule has 0 atom stereocenters. The molecular weight excluding hydrogens is 306 g/mol. The summed E-state index contributed by atoms with van der Waals surface area (Å²) < 4.78 is 0. The molecule has 3 aromatic rings. The number of anilines is 1. The Bertz CT molecular complexity index is 774. The summed E-state index contributed by atoms with van der Waals surface area (Å²) in [5.74, 6) is -0.0691. The quantitative estimate of drug-likeness (QED) is 0.721. The molecule has 3 rings (SSSR count). The van der Waals surface area contributed by atoms with Crippen molar-refractivity contribution in [3.63, 3.8) is 0 Å². The number of nitrogens with one attached hydrogen (secondary N) is 1. The minimum atomic E-state index is -0.0691. The van der Waals surface area contributed by atoms with Crippen molar-refractivity contribution >= 4 is 29.0 Å². The van der Waals surface area contributed by atoms with Gasteiger partial charge in [0.2, 0.25) is 0 Å². The van der Waals surface area contributed by atoms with E-state index in [9.17, 15) is 4.79 Å². The number of aromatic nitrogens is 2. The Balaban J connectivity index is 1.78. The molecule has 1 aromatic carbocycles. The van der Waals surface area contributed by atoms with E-state index in [0.717, 1.165) is 16.1 Å². The molecule has 0 aliphatic carbocycles. The summed E-state index contributed by atoms with van der Waals surface area (Å²) in [6.07, 6.45) is 6.82. The molecule has 1 amide bonds. The number of nitrogens with zero attached hydrogens (tertiary/aromatic N) is 2. The van der Waals surface area contributed by atoms with Crippen LogP contribution in [0.5, 0.6) is 0 Å². The smallest absolute Gasteiger partial charge is 0.251 e. The number of aryl methyl sites for hydroxylation is 1. The summed E-state index contributed by atoms with van der Waals surface area (Å²) in [7, 11) is 0. The first kappa shape index (κ1) is 15.2. The molecule has 0 bridgehead atoms. The summed E-state index contributed by atoms with van der Waals surface area (Å²) in [6, 6.07) is 12.1. The number of hydrogen-bond acceptors (Lipinski definition) is 3. The van der Waals surface area contributed by atoms with Crippen molar-refractivity contribution in [2.24, 2.45) is 0 Å². The highest BCUT2D eigenvalue weighted by Crippen LogP contribution is 2.19. The van der Waals surface area contributed by atoms with Gasteiger partial charge in [-0.15, -0.1) is 11.3 Å². The second-order valence-electron chi connectivity index (χ2n) is 5.20. The van der Waals surface area contributed by atoms with Crippen molar-refractivity contribution in [2.45, 2.75) is 13.5 Å². The highest BCUT2D eigenvalue weighted by molar-refractivity contribution is 7.09. The van der Waals surface area contributed by atoms with Crippen LogP contribution in [0, 0.1) is 6.92 Å². The Labute approximate surface area is 139 Å². The summed E-state index contributed by atoms with van der Waals surface area (Å²) in [4.78, 5) is 15.4. The van der Waals surface area contributed by atoms with Gasteiger partial charge in [0.05, 0.1) is 18.4 Å². The standard InChI is InChI=1S/C18H17N3OS/c1-14-4-6-15(7-5-14)8-9-18(22)21(16-11-19-20-12-16)13-17-3-2-10-23-17/h2-12H,13H2,1H3,(H,19,20). The van der Waals surface area contributed by atoms with Crippen molar-refractivity contribution in [3.8, 4) is 0 Å². The average molecular weight is 323 g/mol. The Morgan fingerprint density at radius 2 is 2.13 bits per heavy atom. The summed E-state index contributed by atoms with van der Waals surface area (Å²) in [6.45, 7) is 2.58. The van der Waals surface area contributed by atoms with Crippen LogP contribution in [0.25, 0.3) is 6.08 Å². The van der Waals surface area contributed by atoms with E-state index in [1.807, 2.05) is 54.8 Å². The topological polar surface area (TPSA) is 49.0 Å². The van der Waals surface area contributed by atoms with Gasteiger partial charge >= 0.3 is 0 Å². The zero-order valence-electron chi connectivity index (χ0n) is 12.8. The lowest BCUT2D eigenvalue weighted by molar-refractivity contribution is -0.114. The third kappa shape index (κ3) is 3.96. The number of thiophene rings is 1. The zero-order valence-corrected chi connectivity index (χ0v) is 13.6. The van der Waals surface area contributed by atoms with E-state index in [0.29, 0.717) is 6.54 Å². The van der Waals surface area contributed by atoms with Crippen LogP contribution in [-0.2, 0) is 11.3 Å². The largest absolute Gasteiger partial charge is 0.301 e. The van der Waals surface area contributed by atoms with Crippen LogP contribution >= 0.6 is 11.3 Å².